The van der Waals surface area contributed by atoms with Gasteiger partial charge in [-0.15, -0.1) is 0 Å². The third kappa shape index (κ3) is 5.70. The van der Waals surface area contributed by atoms with Crippen molar-refractivity contribution >= 4 is 14.7 Å². The van der Waals surface area contributed by atoms with Gasteiger partial charge in [-0.05, 0) is 79.3 Å². The highest BCUT2D eigenvalue weighted by Crippen LogP contribution is 2.33. The van der Waals surface area contributed by atoms with Crippen LogP contribution in [-0.4, -0.2) is 9.52 Å². The lowest BCUT2D eigenvalue weighted by atomic mass is 9.92. The molecule has 0 atom stereocenters. The number of benzene rings is 3. The standard InChI is InChI=1S/C33H40Si/c1-5-7-10-26-15-19-28(20-16-26)30-12-9-13-32(34-31-23-14-24(3)25(31)4)33(30)29-21-17-27(18-22-29)11-8-6-2/h9,12-22H,5-8,10-11,23,34H2,1-4H3. The fraction of sp³-hybridized carbons (Fsp3) is 0.333. The second-order valence-electron chi connectivity index (χ2n) is 9.94. The van der Waals surface area contributed by atoms with Gasteiger partial charge in [-0.25, -0.2) is 0 Å². The van der Waals surface area contributed by atoms with E-state index in [1.54, 1.807) is 16.0 Å². The molecular formula is C33H40Si. The van der Waals surface area contributed by atoms with Crippen LogP contribution < -0.4 is 5.19 Å². The zero-order valence-electron chi connectivity index (χ0n) is 21.6. The minimum absolute atomic E-state index is 0.528. The van der Waals surface area contributed by atoms with E-state index in [2.05, 4.69) is 101 Å². The second kappa shape index (κ2) is 11.7. The van der Waals surface area contributed by atoms with E-state index < -0.39 is 9.52 Å². The van der Waals surface area contributed by atoms with Crippen LogP contribution in [0.2, 0.25) is 0 Å². The average Bonchev–Trinajstić information content (AvgIpc) is 3.19. The van der Waals surface area contributed by atoms with Crippen molar-refractivity contribution in [3.05, 3.63) is 100 Å². The summed E-state index contributed by atoms with van der Waals surface area (Å²) in [5.41, 5.74) is 11.5. The van der Waals surface area contributed by atoms with Gasteiger partial charge in [0.25, 0.3) is 0 Å². The largest absolute Gasteiger partial charge is 0.0840 e. The zero-order chi connectivity index (χ0) is 23.9. The summed E-state index contributed by atoms with van der Waals surface area (Å²) < 4.78 is 0. The summed E-state index contributed by atoms with van der Waals surface area (Å²) in [7, 11) is -0.528. The van der Waals surface area contributed by atoms with Crippen molar-refractivity contribution in [2.24, 2.45) is 0 Å². The SMILES string of the molecule is CCCCc1ccc(-c2cccc([SiH2]C3=C(C)C(C)=CC3)c2-c2ccc(CCCC)cc2)cc1. The summed E-state index contributed by atoms with van der Waals surface area (Å²) >= 11 is 0. The van der Waals surface area contributed by atoms with Crippen LogP contribution in [0, 0.1) is 0 Å². The summed E-state index contributed by atoms with van der Waals surface area (Å²) in [6.45, 7) is 9.12. The van der Waals surface area contributed by atoms with E-state index in [0.717, 1.165) is 6.42 Å². The maximum absolute atomic E-state index is 2.42. The number of rotatable bonds is 10. The van der Waals surface area contributed by atoms with Crippen molar-refractivity contribution in [3.63, 3.8) is 0 Å². The molecule has 0 saturated heterocycles. The van der Waals surface area contributed by atoms with Gasteiger partial charge >= 0.3 is 0 Å². The molecule has 0 saturated carbocycles. The Bertz CT molecular complexity index is 1160. The van der Waals surface area contributed by atoms with Crippen LogP contribution in [0.15, 0.2) is 89.1 Å². The monoisotopic (exact) mass is 464 g/mol. The Balaban J connectivity index is 1.75. The van der Waals surface area contributed by atoms with Crippen molar-refractivity contribution < 1.29 is 0 Å². The minimum Gasteiger partial charge on any atom is -0.0777 e. The van der Waals surface area contributed by atoms with Crippen molar-refractivity contribution in [2.45, 2.75) is 72.6 Å². The van der Waals surface area contributed by atoms with Crippen LogP contribution in [0.3, 0.4) is 0 Å². The van der Waals surface area contributed by atoms with Gasteiger partial charge in [0.2, 0.25) is 0 Å². The molecule has 0 N–H and O–H groups in total. The maximum atomic E-state index is 2.42. The van der Waals surface area contributed by atoms with Gasteiger partial charge in [0, 0.05) is 0 Å². The normalized spacial score (nSPS) is 13.8. The van der Waals surface area contributed by atoms with Gasteiger partial charge in [0.1, 0.15) is 0 Å². The van der Waals surface area contributed by atoms with Crippen LogP contribution >= 0.6 is 0 Å². The minimum atomic E-state index is -0.528. The third-order valence-electron chi connectivity index (χ3n) is 7.48. The van der Waals surface area contributed by atoms with E-state index in [1.165, 1.54) is 77.5 Å². The first-order valence-corrected chi connectivity index (χ1v) is 14.7. The summed E-state index contributed by atoms with van der Waals surface area (Å²) in [5.74, 6) is 0. The Hall–Kier alpha value is -2.64. The molecule has 1 aliphatic carbocycles. The highest BCUT2D eigenvalue weighted by atomic mass is 28.2. The van der Waals surface area contributed by atoms with Gasteiger partial charge < -0.3 is 0 Å². The zero-order valence-corrected chi connectivity index (χ0v) is 23.0. The molecule has 3 aromatic rings. The number of allylic oxidation sites excluding steroid dienone is 4. The van der Waals surface area contributed by atoms with E-state index >= 15 is 0 Å². The number of hydrogen-bond donors (Lipinski definition) is 0. The van der Waals surface area contributed by atoms with E-state index in [-0.39, 0.29) is 0 Å². The third-order valence-corrected chi connectivity index (χ3v) is 9.69. The fourth-order valence-electron chi connectivity index (χ4n) is 5.08. The van der Waals surface area contributed by atoms with E-state index in [1.807, 2.05) is 0 Å². The Morgan fingerprint density at radius 1 is 0.706 bits per heavy atom. The molecule has 0 nitrogen and oxygen atoms in total. The Morgan fingerprint density at radius 3 is 1.82 bits per heavy atom. The molecule has 3 aromatic carbocycles. The number of hydrogen-bond acceptors (Lipinski definition) is 0. The van der Waals surface area contributed by atoms with Crippen LogP contribution in [-0.2, 0) is 12.8 Å². The molecule has 1 aliphatic rings. The molecule has 1 heteroatoms. The lowest BCUT2D eigenvalue weighted by Crippen LogP contribution is -2.20. The van der Waals surface area contributed by atoms with Crippen molar-refractivity contribution in [2.75, 3.05) is 0 Å². The fourth-order valence-corrected chi connectivity index (χ4v) is 7.19. The van der Waals surface area contributed by atoms with Crippen molar-refractivity contribution in [1.82, 2.24) is 0 Å². The summed E-state index contributed by atoms with van der Waals surface area (Å²) in [4.78, 5) is 0. The molecule has 0 heterocycles. The van der Waals surface area contributed by atoms with Crippen LogP contribution in [0.5, 0.6) is 0 Å². The summed E-state index contributed by atoms with van der Waals surface area (Å²) in [6, 6.07) is 25.8. The lowest BCUT2D eigenvalue weighted by Gasteiger charge is -2.18. The maximum Gasteiger partial charge on any atom is 0.0840 e. The van der Waals surface area contributed by atoms with Gasteiger partial charge in [0.15, 0.2) is 0 Å². The first-order chi connectivity index (χ1) is 16.6. The van der Waals surface area contributed by atoms with Crippen LogP contribution in [0.25, 0.3) is 22.3 Å². The first-order valence-electron chi connectivity index (χ1n) is 13.3. The van der Waals surface area contributed by atoms with Crippen molar-refractivity contribution in [1.29, 1.82) is 0 Å². The highest BCUT2D eigenvalue weighted by molar-refractivity contribution is 6.63. The van der Waals surface area contributed by atoms with E-state index in [4.69, 9.17) is 0 Å². The molecule has 0 aliphatic heterocycles. The molecule has 0 bridgehead atoms. The molecule has 0 unspecified atom stereocenters. The first kappa shape index (κ1) is 24.5. The molecule has 0 fully saturated rings. The molecular weight excluding hydrogens is 424 g/mol. The number of unbranched alkanes of at least 4 members (excludes halogenated alkanes) is 2. The average molecular weight is 465 g/mol. The topological polar surface area (TPSA) is 0 Å². The molecule has 4 rings (SSSR count). The van der Waals surface area contributed by atoms with Gasteiger partial charge in [-0.3, -0.25) is 0 Å². The van der Waals surface area contributed by atoms with Crippen LogP contribution in [0.1, 0.15) is 70.9 Å². The lowest BCUT2D eigenvalue weighted by molar-refractivity contribution is 0.795. The summed E-state index contributed by atoms with van der Waals surface area (Å²) in [6.07, 6.45) is 10.9. The van der Waals surface area contributed by atoms with E-state index in [0.29, 0.717) is 0 Å². The molecule has 0 amide bonds. The molecule has 34 heavy (non-hydrogen) atoms. The van der Waals surface area contributed by atoms with Crippen LogP contribution in [0.4, 0.5) is 0 Å². The summed E-state index contributed by atoms with van der Waals surface area (Å²) in [5, 5.41) is 3.27. The smallest absolute Gasteiger partial charge is 0.0777 e. The van der Waals surface area contributed by atoms with Gasteiger partial charge in [-0.1, -0.05) is 121 Å². The highest BCUT2D eigenvalue weighted by Gasteiger charge is 2.17. The quantitative estimate of drug-likeness (QED) is 0.266. The predicted molar refractivity (Wildman–Crippen MR) is 154 cm³/mol. The molecule has 176 valence electrons. The van der Waals surface area contributed by atoms with Crippen molar-refractivity contribution in [3.8, 4) is 22.3 Å². The van der Waals surface area contributed by atoms with E-state index in [9.17, 15) is 0 Å². The molecule has 0 spiro atoms. The predicted octanol–water partition coefficient (Wildman–Crippen LogP) is 8.12. The second-order valence-corrected chi connectivity index (χ2v) is 11.9. The Labute approximate surface area is 209 Å². The van der Waals surface area contributed by atoms with Gasteiger partial charge in [0.05, 0.1) is 9.52 Å². The number of aryl methyl sites for hydroxylation is 2. The molecule has 0 radical (unpaired) electrons. The Kier molecular flexibility index (Phi) is 8.40. The molecule has 0 aromatic heterocycles. The Morgan fingerprint density at radius 2 is 1.29 bits per heavy atom. The van der Waals surface area contributed by atoms with Gasteiger partial charge in [-0.2, -0.15) is 0 Å².